The molecule has 2 saturated heterocycles. The molecule has 0 saturated carbocycles. The van der Waals surface area contributed by atoms with Crippen molar-refractivity contribution in [2.45, 2.75) is 38.1 Å². The number of anilines is 1. The van der Waals surface area contributed by atoms with Gasteiger partial charge in [-0.05, 0) is 50.2 Å². The van der Waals surface area contributed by atoms with E-state index >= 15 is 0 Å². The fraction of sp³-hybridized carbons (Fsp3) is 0.682. The van der Waals surface area contributed by atoms with Gasteiger partial charge in [0.25, 0.3) is 0 Å². The lowest BCUT2D eigenvalue weighted by molar-refractivity contribution is 0.0203. The first-order chi connectivity index (χ1) is 14.3. The Morgan fingerprint density at radius 1 is 1.28 bits per heavy atom. The summed E-state index contributed by atoms with van der Waals surface area (Å²) in [4.78, 5) is 6.75. The highest BCUT2D eigenvalue weighted by atomic mass is 35.5. The zero-order chi connectivity index (χ0) is 20.3. The van der Waals surface area contributed by atoms with Crippen LogP contribution >= 0.6 is 11.6 Å². The number of guanidine groups is 1. The number of piperidine rings is 1. The van der Waals surface area contributed by atoms with E-state index in [1.54, 1.807) is 0 Å². The molecule has 0 radical (unpaired) electrons. The largest absolute Gasteiger partial charge is 0.381 e. The number of para-hydroxylation sites is 1. The van der Waals surface area contributed by atoms with E-state index in [0.717, 1.165) is 94.8 Å². The number of rotatable bonds is 8. The molecule has 1 atom stereocenters. The van der Waals surface area contributed by atoms with Gasteiger partial charge in [0.15, 0.2) is 5.96 Å². The molecule has 0 bridgehead atoms. The molecule has 162 valence electrons. The highest BCUT2D eigenvalue weighted by molar-refractivity contribution is 6.33. The van der Waals surface area contributed by atoms with Crippen LogP contribution in [0.2, 0.25) is 5.02 Å². The molecule has 1 unspecified atom stereocenters. The van der Waals surface area contributed by atoms with Crippen LogP contribution in [0.5, 0.6) is 0 Å². The van der Waals surface area contributed by atoms with Gasteiger partial charge in [-0.25, -0.2) is 0 Å². The maximum Gasteiger partial charge on any atom is 0.191 e. The highest BCUT2D eigenvalue weighted by Crippen LogP contribution is 2.27. The molecule has 0 aromatic heterocycles. The van der Waals surface area contributed by atoms with Gasteiger partial charge in [-0.15, -0.1) is 0 Å². The van der Waals surface area contributed by atoms with Gasteiger partial charge in [-0.2, -0.15) is 0 Å². The summed E-state index contributed by atoms with van der Waals surface area (Å²) >= 11 is 6.38. The summed E-state index contributed by atoms with van der Waals surface area (Å²) in [6.07, 6.45) is 5.50. The fourth-order valence-electron chi connectivity index (χ4n) is 3.95. The molecule has 3 rings (SSSR count). The Bertz CT molecular complexity index is 637. The predicted octanol–water partition coefficient (Wildman–Crippen LogP) is 3.31. The number of nitrogens with one attached hydrogen (secondary N) is 2. The quantitative estimate of drug-likeness (QED) is 0.382. The third-order valence-corrected chi connectivity index (χ3v) is 5.95. The van der Waals surface area contributed by atoms with Crippen LogP contribution in [0.3, 0.4) is 0 Å². The Balaban J connectivity index is 1.33. The topological polar surface area (TPSA) is 58.1 Å². The molecule has 0 aliphatic carbocycles. The summed E-state index contributed by atoms with van der Waals surface area (Å²) in [6, 6.07) is 8.43. The molecule has 1 aromatic rings. The summed E-state index contributed by atoms with van der Waals surface area (Å²) in [6.45, 7) is 6.23. The van der Waals surface area contributed by atoms with Crippen molar-refractivity contribution in [3.8, 4) is 0 Å². The second-order valence-electron chi connectivity index (χ2n) is 7.86. The van der Waals surface area contributed by atoms with Gasteiger partial charge < -0.3 is 25.0 Å². The van der Waals surface area contributed by atoms with Gasteiger partial charge in [-0.1, -0.05) is 23.7 Å². The predicted molar refractivity (Wildman–Crippen MR) is 120 cm³/mol. The summed E-state index contributed by atoms with van der Waals surface area (Å²) in [7, 11) is 1.83. The van der Waals surface area contributed by atoms with Crippen LogP contribution in [0.4, 0.5) is 5.69 Å². The Morgan fingerprint density at radius 2 is 2.10 bits per heavy atom. The van der Waals surface area contributed by atoms with Crippen molar-refractivity contribution >= 4 is 23.2 Å². The molecule has 2 N–H and O–H groups in total. The molecular formula is C22H35ClN4O2. The third-order valence-electron chi connectivity index (χ3n) is 5.63. The summed E-state index contributed by atoms with van der Waals surface area (Å²) < 4.78 is 11.2. The molecule has 6 nitrogen and oxygen atoms in total. The lowest BCUT2D eigenvalue weighted by Gasteiger charge is -2.35. The van der Waals surface area contributed by atoms with Gasteiger partial charge in [0, 0.05) is 59.2 Å². The maximum atomic E-state index is 6.38. The minimum atomic E-state index is 0.357. The molecule has 0 spiro atoms. The standard InChI is InChI=1S/C22H35ClN4O2/c1-24-22(25-11-5-13-29-17-18-9-14-28-15-10-18)26-19-6-4-12-27(16-19)21-8-3-2-7-20(21)23/h2-3,7-8,18-19H,4-6,9-17H2,1H3,(H2,24,25,26). The van der Waals surface area contributed by atoms with Crippen LogP contribution in [0, 0.1) is 5.92 Å². The lowest BCUT2D eigenvalue weighted by atomic mass is 10.0. The first kappa shape index (κ1) is 22.2. The number of hydrogen-bond acceptors (Lipinski definition) is 4. The lowest BCUT2D eigenvalue weighted by Crippen LogP contribution is -2.51. The third kappa shape index (κ3) is 7.36. The number of halogens is 1. The summed E-state index contributed by atoms with van der Waals surface area (Å²) in [5, 5.41) is 7.80. The van der Waals surface area contributed by atoms with Gasteiger partial charge in [-0.3, -0.25) is 4.99 Å². The van der Waals surface area contributed by atoms with E-state index in [1.807, 2.05) is 25.2 Å². The zero-order valence-electron chi connectivity index (χ0n) is 17.5. The van der Waals surface area contributed by atoms with Crippen molar-refractivity contribution in [2.24, 2.45) is 10.9 Å². The normalized spacial score (nSPS) is 21.2. The number of nitrogens with zero attached hydrogens (tertiary/aromatic N) is 2. The smallest absolute Gasteiger partial charge is 0.191 e. The zero-order valence-corrected chi connectivity index (χ0v) is 18.3. The monoisotopic (exact) mass is 422 g/mol. The van der Waals surface area contributed by atoms with E-state index in [-0.39, 0.29) is 0 Å². The average Bonchev–Trinajstić information content (AvgIpc) is 2.76. The molecule has 2 aliphatic heterocycles. The number of ether oxygens (including phenoxy) is 2. The van der Waals surface area contributed by atoms with Gasteiger partial charge in [0.1, 0.15) is 0 Å². The van der Waals surface area contributed by atoms with E-state index < -0.39 is 0 Å². The molecule has 1 aromatic carbocycles. The summed E-state index contributed by atoms with van der Waals surface area (Å²) in [5.74, 6) is 1.53. The van der Waals surface area contributed by atoms with Crippen molar-refractivity contribution in [1.82, 2.24) is 10.6 Å². The SMILES string of the molecule is CN=C(NCCCOCC1CCOCC1)NC1CCCN(c2ccccc2Cl)C1. The van der Waals surface area contributed by atoms with Crippen molar-refractivity contribution < 1.29 is 9.47 Å². The number of hydrogen-bond donors (Lipinski definition) is 2. The van der Waals surface area contributed by atoms with Gasteiger partial charge in [0.2, 0.25) is 0 Å². The Morgan fingerprint density at radius 3 is 2.90 bits per heavy atom. The molecule has 2 aliphatic rings. The first-order valence-electron chi connectivity index (χ1n) is 10.9. The van der Waals surface area contributed by atoms with E-state index in [1.165, 1.54) is 0 Å². The molecule has 2 fully saturated rings. The van der Waals surface area contributed by atoms with Crippen LogP contribution in [0.15, 0.2) is 29.3 Å². The van der Waals surface area contributed by atoms with E-state index in [2.05, 4.69) is 26.6 Å². The van der Waals surface area contributed by atoms with Crippen LogP contribution < -0.4 is 15.5 Å². The van der Waals surface area contributed by atoms with Gasteiger partial charge >= 0.3 is 0 Å². The van der Waals surface area contributed by atoms with Crippen LogP contribution in [-0.4, -0.2) is 65.1 Å². The van der Waals surface area contributed by atoms with Gasteiger partial charge in [0.05, 0.1) is 10.7 Å². The van der Waals surface area contributed by atoms with Crippen LogP contribution in [-0.2, 0) is 9.47 Å². The maximum absolute atomic E-state index is 6.38. The molecule has 0 amide bonds. The number of benzene rings is 1. The van der Waals surface area contributed by atoms with E-state index in [4.69, 9.17) is 21.1 Å². The Kier molecular flexibility index (Phi) is 9.38. The molecule has 2 heterocycles. The minimum absolute atomic E-state index is 0.357. The van der Waals surface area contributed by atoms with Crippen LogP contribution in [0.25, 0.3) is 0 Å². The van der Waals surface area contributed by atoms with Crippen molar-refractivity contribution in [2.75, 3.05) is 58.0 Å². The average molecular weight is 423 g/mol. The Labute approximate surface area is 180 Å². The first-order valence-corrected chi connectivity index (χ1v) is 11.3. The van der Waals surface area contributed by atoms with Crippen molar-refractivity contribution in [3.63, 3.8) is 0 Å². The number of aliphatic imine (C=N–C) groups is 1. The Hall–Kier alpha value is -1.50. The van der Waals surface area contributed by atoms with E-state index in [9.17, 15) is 0 Å². The molecule has 29 heavy (non-hydrogen) atoms. The van der Waals surface area contributed by atoms with Crippen molar-refractivity contribution in [3.05, 3.63) is 29.3 Å². The summed E-state index contributed by atoms with van der Waals surface area (Å²) in [5.41, 5.74) is 1.12. The highest BCUT2D eigenvalue weighted by Gasteiger charge is 2.22. The van der Waals surface area contributed by atoms with Crippen molar-refractivity contribution in [1.29, 1.82) is 0 Å². The second-order valence-corrected chi connectivity index (χ2v) is 8.27. The fourth-order valence-corrected chi connectivity index (χ4v) is 4.21. The minimum Gasteiger partial charge on any atom is -0.381 e. The molecule has 7 heteroatoms. The molecular weight excluding hydrogens is 388 g/mol. The van der Waals surface area contributed by atoms with Crippen LogP contribution in [0.1, 0.15) is 32.1 Å². The second kappa shape index (κ2) is 12.3. The van der Waals surface area contributed by atoms with E-state index in [0.29, 0.717) is 12.0 Å².